The number of carbonyl (C=O) groups is 1. The number of hydrogen-bond donors (Lipinski definition) is 1. The van der Waals surface area contributed by atoms with Gasteiger partial charge in [-0.15, -0.1) is 10.2 Å². The van der Waals surface area contributed by atoms with E-state index in [9.17, 15) is 4.79 Å². The van der Waals surface area contributed by atoms with Crippen LogP contribution >= 0.6 is 11.8 Å². The SMILES string of the molecule is Cc1ccc(-n2nc(C)c(NC(=O)CSc3nncn3-c3ccccc3)c2C)cc1. The molecule has 0 aliphatic heterocycles. The maximum absolute atomic E-state index is 12.6. The molecular formula is C22H22N6OS. The van der Waals surface area contributed by atoms with Crippen molar-refractivity contribution < 1.29 is 4.79 Å². The van der Waals surface area contributed by atoms with Gasteiger partial charge >= 0.3 is 0 Å². The molecular weight excluding hydrogens is 396 g/mol. The third kappa shape index (κ3) is 4.13. The molecule has 0 saturated heterocycles. The van der Waals surface area contributed by atoms with E-state index in [-0.39, 0.29) is 11.7 Å². The van der Waals surface area contributed by atoms with Crippen LogP contribution < -0.4 is 5.32 Å². The Kier molecular flexibility index (Phi) is 5.67. The van der Waals surface area contributed by atoms with Crippen molar-refractivity contribution in [2.45, 2.75) is 25.9 Å². The van der Waals surface area contributed by atoms with Crippen LogP contribution in [0.3, 0.4) is 0 Å². The Morgan fingerprint density at radius 1 is 1.00 bits per heavy atom. The number of anilines is 1. The summed E-state index contributed by atoms with van der Waals surface area (Å²) >= 11 is 1.34. The van der Waals surface area contributed by atoms with Gasteiger partial charge < -0.3 is 5.32 Å². The van der Waals surface area contributed by atoms with E-state index in [0.29, 0.717) is 5.16 Å². The van der Waals surface area contributed by atoms with Crippen LogP contribution in [0.25, 0.3) is 11.4 Å². The Labute approximate surface area is 179 Å². The van der Waals surface area contributed by atoms with Crippen LogP contribution in [0.4, 0.5) is 5.69 Å². The van der Waals surface area contributed by atoms with Crippen molar-refractivity contribution in [2.75, 3.05) is 11.1 Å². The van der Waals surface area contributed by atoms with E-state index in [1.54, 1.807) is 6.33 Å². The maximum atomic E-state index is 12.6. The summed E-state index contributed by atoms with van der Waals surface area (Å²) in [4.78, 5) is 12.6. The van der Waals surface area contributed by atoms with E-state index < -0.39 is 0 Å². The van der Waals surface area contributed by atoms with Gasteiger partial charge in [-0.25, -0.2) is 4.68 Å². The number of aryl methyl sites for hydroxylation is 2. The number of amides is 1. The number of hydrogen-bond acceptors (Lipinski definition) is 5. The topological polar surface area (TPSA) is 77.6 Å². The van der Waals surface area contributed by atoms with Crippen molar-refractivity contribution in [2.24, 2.45) is 0 Å². The van der Waals surface area contributed by atoms with E-state index >= 15 is 0 Å². The maximum Gasteiger partial charge on any atom is 0.234 e. The molecule has 0 aliphatic rings. The monoisotopic (exact) mass is 418 g/mol. The number of carbonyl (C=O) groups excluding carboxylic acids is 1. The summed E-state index contributed by atoms with van der Waals surface area (Å²) in [5, 5.41) is 16.4. The van der Waals surface area contributed by atoms with Gasteiger partial charge in [-0.05, 0) is 45.0 Å². The first-order valence-electron chi connectivity index (χ1n) is 9.54. The fourth-order valence-corrected chi connectivity index (χ4v) is 3.88. The predicted molar refractivity (Wildman–Crippen MR) is 118 cm³/mol. The van der Waals surface area contributed by atoms with Crippen molar-refractivity contribution in [3.05, 3.63) is 77.9 Å². The van der Waals surface area contributed by atoms with Crippen molar-refractivity contribution >= 4 is 23.4 Å². The molecule has 2 aromatic carbocycles. The fraction of sp³-hybridized carbons (Fsp3) is 0.182. The average Bonchev–Trinajstić information content (AvgIpc) is 3.33. The quantitative estimate of drug-likeness (QED) is 0.477. The second-order valence-corrected chi connectivity index (χ2v) is 7.89. The van der Waals surface area contributed by atoms with Crippen molar-refractivity contribution in [3.8, 4) is 11.4 Å². The molecule has 152 valence electrons. The van der Waals surface area contributed by atoms with E-state index in [1.165, 1.54) is 17.3 Å². The molecule has 4 aromatic rings. The van der Waals surface area contributed by atoms with Crippen LogP contribution in [0.2, 0.25) is 0 Å². The highest BCUT2D eigenvalue weighted by atomic mass is 32.2. The highest BCUT2D eigenvalue weighted by Gasteiger charge is 2.16. The summed E-state index contributed by atoms with van der Waals surface area (Å²) in [6, 6.07) is 17.9. The highest BCUT2D eigenvalue weighted by Crippen LogP contribution is 2.24. The average molecular weight is 419 g/mol. The smallest absolute Gasteiger partial charge is 0.234 e. The Morgan fingerprint density at radius 2 is 1.73 bits per heavy atom. The zero-order valence-corrected chi connectivity index (χ0v) is 17.8. The lowest BCUT2D eigenvalue weighted by Crippen LogP contribution is -2.15. The molecule has 30 heavy (non-hydrogen) atoms. The summed E-state index contributed by atoms with van der Waals surface area (Å²) in [5.41, 5.74) is 5.52. The van der Waals surface area contributed by atoms with Crippen LogP contribution in [0.15, 0.2) is 66.1 Å². The minimum atomic E-state index is -0.114. The number of thioether (sulfide) groups is 1. The highest BCUT2D eigenvalue weighted by molar-refractivity contribution is 7.99. The Balaban J connectivity index is 1.46. The number of aromatic nitrogens is 5. The zero-order valence-electron chi connectivity index (χ0n) is 17.0. The standard InChI is InChI=1S/C22H22N6OS/c1-15-9-11-19(12-10-15)28-17(3)21(16(2)26-28)24-20(29)13-30-22-25-23-14-27(22)18-7-5-4-6-8-18/h4-12,14H,13H2,1-3H3,(H,24,29). The third-order valence-electron chi connectivity index (χ3n) is 4.72. The van der Waals surface area contributed by atoms with Crippen LogP contribution in [-0.2, 0) is 4.79 Å². The van der Waals surface area contributed by atoms with Gasteiger partial charge in [-0.3, -0.25) is 9.36 Å². The van der Waals surface area contributed by atoms with E-state index in [4.69, 9.17) is 0 Å². The summed E-state index contributed by atoms with van der Waals surface area (Å²) in [6.45, 7) is 5.90. The van der Waals surface area contributed by atoms with Gasteiger partial charge in [0.25, 0.3) is 0 Å². The van der Waals surface area contributed by atoms with E-state index in [2.05, 4.69) is 20.6 Å². The van der Waals surface area contributed by atoms with Crippen molar-refractivity contribution in [3.63, 3.8) is 0 Å². The molecule has 2 aromatic heterocycles. The van der Waals surface area contributed by atoms with E-state index in [1.807, 2.05) is 84.6 Å². The van der Waals surface area contributed by atoms with Gasteiger partial charge in [-0.2, -0.15) is 5.10 Å². The van der Waals surface area contributed by atoms with Crippen molar-refractivity contribution in [1.82, 2.24) is 24.5 Å². The number of nitrogens with zero attached hydrogens (tertiary/aromatic N) is 5. The first-order valence-corrected chi connectivity index (χ1v) is 10.5. The first kappa shape index (κ1) is 19.9. The van der Waals surface area contributed by atoms with Gasteiger partial charge in [0.1, 0.15) is 6.33 Å². The molecule has 8 heteroatoms. The number of nitrogens with one attached hydrogen (secondary N) is 1. The molecule has 0 unspecified atom stereocenters. The van der Waals surface area contributed by atoms with Gasteiger partial charge in [-0.1, -0.05) is 47.7 Å². The van der Waals surface area contributed by atoms with Crippen LogP contribution in [0.1, 0.15) is 17.0 Å². The molecule has 7 nitrogen and oxygen atoms in total. The molecule has 0 radical (unpaired) electrons. The molecule has 1 N–H and O–H groups in total. The summed E-state index contributed by atoms with van der Waals surface area (Å²) in [5.74, 6) is 0.109. The number of para-hydroxylation sites is 1. The largest absolute Gasteiger partial charge is 0.322 e. The second-order valence-electron chi connectivity index (χ2n) is 6.95. The van der Waals surface area contributed by atoms with Gasteiger partial charge in [0, 0.05) is 5.69 Å². The molecule has 0 atom stereocenters. The molecule has 0 bridgehead atoms. The summed E-state index contributed by atoms with van der Waals surface area (Å²) < 4.78 is 3.72. The lowest BCUT2D eigenvalue weighted by Gasteiger charge is -2.08. The lowest BCUT2D eigenvalue weighted by molar-refractivity contribution is -0.113. The van der Waals surface area contributed by atoms with Crippen LogP contribution in [0.5, 0.6) is 0 Å². The molecule has 0 saturated carbocycles. The predicted octanol–water partition coefficient (Wildman–Crippen LogP) is 4.11. The lowest BCUT2D eigenvalue weighted by atomic mass is 10.2. The van der Waals surface area contributed by atoms with E-state index in [0.717, 1.165) is 28.5 Å². The molecule has 0 fully saturated rings. The summed E-state index contributed by atoms with van der Waals surface area (Å²) in [7, 11) is 0. The zero-order chi connectivity index (χ0) is 21.1. The van der Waals surface area contributed by atoms with Gasteiger partial charge in [0.05, 0.1) is 28.5 Å². The van der Waals surface area contributed by atoms with Gasteiger partial charge in [0.15, 0.2) is 5.16 Å². The minimum absolute atomic E-state index is 0.114. The Hall–Kier alpha value is -3.39. The van der Waals surface area contributed by atoms with Crippen molar-refractivity contribution in [1.29, 1.82) is 0 Å². The fourth-order valence-electron chi connectivity index (χ4n) is 3.16. The normalized spacial score (nSPS) is 10.9. The minimum Gasteiger partial charge on any atom is -0.322 e. The third-order valence-corrected chi connectivity index (χ3v) is 5.66. The summed E-state index contributed by atoms with van der Waals surface area (Å²) in [6.07, 6.45) is 1.65. The first-order chi connectivity index (χ1) is 14.5. The Morgan fingerprint density at radius 3 is 2.47 bits per heavy atom. The molecule has 1 amide bonds. The Bertz CT molecular complexity index is 1160. The molecule has 2 heterocycles. The van der Waals surface area contributed by atoms with Gasteiger partial charge in [0.2, 0.25) is 5.91 Å². The van der Waals surface area contributed by atoms with Crippen LogP contribution in [-0.4, -0.2) is 36.2 Å². The number of benzene rings is 2. The second kappa shape index (κ2) is 8.54. The molecule has 0 spiro atoms. The van der Waals surface area contributed by atoms with Crippen LogP contribution in [0, 0.1) is 20.8 Å². The number of rotatable bonds is 6. The molecule has 4 rings (SSSR count). The molecule has 0 aliphatic carbocycles.